The number of hydrogen-bond donors (Lipinski definition) is 1. The van der Waals surface area contributed by atoms with E-state index >= 15 is 0 Å². The Balaban J connectivity index is 2.22. The normalized spacial score (nSPS) is 12.0. The summed E-state index contributed by atoms with van der Waals surface area (Å²) in [5.74, 6) is -0.480. The average Bonchev–Trinajstić information content (AvgIpc) is 2.80. The second-order valence-corrected chi connectivity index (χ2v) is 12.7. The van der Waals surface area contributed by atoms with E-state index in [4.69, 9.17) is 10.5 Å². The molecule has 2 aromatic rings. The molecule has 0 aliphatic carbocycles. The standard InChI is InChI=1S/C14H22N4O2SSi/c1-21-14-16-7-10-11(12(15)19)8-18(13(10)17-14)9-20-5-6-22(2,3)4/h7-8H,5-6,9H2,1-4H3,(H2,15,19). The largest absolute Gasteiger partial charge is 0.366 e. The van der Waals surface area contributed by atoms with Gasteiger partial charge in [0, 0.05) is 27.1 Å². The van der Waals surface area contributed by atoms with Crippen molar-refractivity contribution in [2.24, 2.45) is 5.73 Å². The highest BCUT2D eigenvalue weighted by atomic mass is 32.2. The topological polar surface area (TPSA) is 83.0 Å². The lowest BCUT2D eigenvalue weighted by Gasteiger charge is -2.15. The fraction of sp³-hybridized carbons (Fsp3) is 0.500. The number of nitrogens with two attached hydrogens (primary N) is 1. The first-order valence-electron chi connectivity index (χ1n) is 7.09. The van der Waals surface area contributed by atoms with Crippen molar-refractivity contribution in [1.82, 2.24) is 14.5 Å². The van der Waals surface area contributed by atoms with Crippen molar-refractivity contribution in [2.45, 2.75) is 37.6 Å². The summed E-state index contributed by atoms with van der Waals surface area (Å²) in [6.07, 6.45) is 5.25. The quantitative estimate of drug-likeness (QED) is 0.363. The summed E-state index contributed by atoms with van der Waals surface area (Å²) in [4.78, 5) is 20.2. The molecule has 0 spiro atoms. The molecule has 0 atom stereocenters. The molecule has 2 heterocycles. The van der Waals surface area contributed by atoms with Crippen LogP contribution in [0.15, 0.2) is 17.6 Å². The van der Waals surface area contributed by atoms with E-state index in [-0.39, 0.29) is 0 Å². The molecule has 0 radical (unpaired) electrons. The van der Waals surface area contributed by atoms with E-state index in [2.05, 4.69) is 29.6 Å². The molecule has 2 N–H and O–H groups in total. The van der Waals surface area contributed by atoms with Crippen LogP contribution in [0.25, 0.3) is 11.0 Å². The third-order valence-corrected chi connectivity index (χ3v) is 5.53. The van der Waals surface area contributed by atoms with E-state index in [1.807, 2.05) is 10.8 Å². The van der Waals surface area contributed by atoms with Crippen molar-refractivity contribution >= 4 is 36.8 Å². The lowest BCUT2D eigenvalue weighted by atomic mass is 10.2. The number of aromatic nitrogens is 3. The summed E-state index contributed by atoms with van der Waals surface area (Å²) in [6, 6.07) is 1.10. The minimum Gasteiger partial charge on any atom is -0.366 e. The Morgan fingerprint density at radius 3 is 2.77 bits per heavy atom. The van der Waals surface area contributed by atoms with E-state index in [1.54, 1.807) is 12.4 Å². The van der Waals surface area contributed by atoms with Crippen LogP contribution in [0.2, 0.25) is 25.7 Å². The predicted octanol–water partition coefficient (Wildman–Crippen LogP) is 2.56. The number of carbonyl (C=O) groups excluding carboxylic acids is 1. The van der Waals surface area contributed by atoms with E-state index in [0.29, 0.717) is 35.1 Å². The molecule has 0 unspecified atom stereocenters. The molecule has 120 valence electrons. The third-order valence-electron chi connectivity index (χ3n) is 3.27. The summed E-state index contributed by atoms with van der Waals surface area (Å²) < 4.78 is 7.57. The lowest BCUT2D eigenvalue weighted by molar-refractivity contribution is 0.0894. The summed E-state index contributed by atoms with van der Waals surface area (Å²) in [5.41, 5.74) is 6.54. The Morgan fingerprint density at radius 1 is 1.45 bits per heavy atom. The molecule has 8 heteroatoms. The first-order valence-corrected chi connectivity index (χ1v) is 12.0. The van der Waals surface area contributed by atoms with Gasteiger partial charge >= 0.3 is 0 Å². The third kappa shape index (κ3) is 4.08. The van der Waals surface area contributed by atoms with Crippen LogP contribution in [0.3, 0.4) is 0 Å². The van der Waals surface area contributed by atoms with Crippen molar-refractivity contribution < 1.29 is 9.53 Å². The molecule has 0 saturated carbocycles. The maximum atomic E-state index is 11.6. The Kier molecular flexibility index (Phi) is 5.25. The molecular weight excluding hydrogens is 316 g/mol. The second kappa shape index (κ2) is 6.80. The summed E-state index contributed by atoms with van der Waals surface area (Å²) in [5, 5.41) is 1.32. The van der Waals surface area contributed by atoms with E-state index in [1.165, 1.54) is 11.8 Å². The molecule has 0 saturated heterocycles. The highest BCUT2D eigenvalue weighted by Gasteiger charge is 2.16. The number of primary amides is 1. The van der Waals surface area contributed by atoms with Crippen molar-refractivity contribution in [3.05, 3.63) is 18.0 Å². The number of ether oxygens (including phenoxy) is 1. The Morgan fingerprint density at radius 2 is 2.18 bits per heavy atom. The number of fused-ring (bicyclic) bond motifs is 1. The number of amides is 1. The van der Waals surface area contributed by atoms with Crippen LogP contribution in [-0.2, 0) is 11.5 Å². The first-order chi connectivity index (χ1) is 10.3. The molecule has 0 aromatic carbocycles. The highest BCUT2D eigenvalue weighted by Crippen LogP contribution is 2.21. The molecule has 22 heavy (non-hydrogen) atoms. The maximum absolute atomic E-state index is 11.6. The summed E-state index contributed by atoms with van der Waals surface area (Å²) in [7, 11) is -1.11. The van der Waals surface area contributed by atoms with Crippen LogP contribution in [0.5, 0.6) is 0 Å². The van der Waals surface area contributed by atoms with Crippen molar-refractivity contribution in [3.8, 4) is 0 Å². The van der Waals surface area contributed by atoms with Gasteiger partial charge in [0.1, 0.15) is 12.4 Å². The zero-order valence-electron chi connectivity index (χ0n) is 13.4. The zero-order valence-corrected chi connectivity index (χ0v) is 15.2. The van der Waals surface area contributed by atoms with Gasteiger partial charge in [-0.05, 0) is 12.3 Å². The van der Waals surface area contributed by atoms with Crippen LogP contribution >= 0.6 is 11.8 Å². The molecule has 0 aliphatic rings. The van der Waals surface area contributed by atoms with Crippen LogP contribution in [0.1, 0.15) is 10.4 Å². The summed E-state index contributed by atoms with van der Waals surface area (Å²) >= 11 is 1.45. The van der Waals surface area contributed by atoms with Gasteiger partial charge in [-0.3, -0.25) is 4.79 Å². The first kappa shape index (κ1) is 17.0. The Bertz CT molecular complexity index is 681. The smallest absolute Gasteiger partial charge is 0.250 e. The van der Waals surface area contributed by atoms with Crippen LogP contribution in [-0.4, -0.2) is 41.4 Å². The number of carbonyl (C=O) groups is 1. The molecule has 2 aromatic heterocycles. The monoisotopic (exact) mass is 338 g/mol. The fourth-order valence-corrected chi connectivity index (χ4v) is 3.08. The maximum Gasteiger partial charge on any atom is 0.250 e. The minimum absolute atomic E-state index is 0.360. The number of hydrogen-bond acceptors (Lipinski definition) is 5. The van der Waals surface area contributed by atoms with Crippen molar-refractivity contribution in [3.63, 3.8) is 0 Å². The summed E-state index contributed by atoms with van der Waals surface area (Å²) in [6.45, 7) is 8.00. The fourth-order valence-electron chi connectivity index (χ4n) is 1.99. The van der Waals surface area contributed by atoms with E-state index < -0.39 is 14.0 Å². The van der Waals surface area contributed by atoms with Gasteiger partial charge in [0.25, 0.3) is 5.91 Å². The average molecular weight is 339 g/mol. The Hall–Kier alpha value is -1.38. The van der Waals surface area contributed by atoms with Crippen LogP contribution < -0.4 is 5.73 Å². The van der Waals surface area contributed by atoms with E-state index in [0.717, 1.165) is 6.04 Å². The molecular formula is C14H22N4O2SSi. The lowest BCUT2D eigenvalue weighted by Crippen LogP contribution is -2.22. The molecule has 0 fully saturated rings. The molecule has 2 rings (SSSR count). The SMILES string of the molecule is CSc1ncc2c(C(N)=O)cn(COCC[Si](C)(C)C)c2n1. The van der Waals surface area contributed by atoms with Gasteiger partial charge in [0.15, 0.2) is 5.16 Å². The van der Waals surface area contributed by atoms with Gasteiger partial charge in [-0.15, -0.1) is 0 Å². The van der Waals surface area contributed by atoms with Crippen LogP contribution in [0.4, 0.5) is 0 Å². The van der Waals surface area contributed by atoms with Gasteiger partial charge in [0.2, 0.25) is 0 Å². The molecule has 1 amide bonds. The second-order valence-electron chi connectivity index (χ2n) is 6.32. The predicted molar refractivity (Wildman–Crippen MR) is 91.9 cm³/mol. The van der Waals surface area contributed by atoms with Crippen LogP contribution in [0, 0.1) is 0 Å². The van der Waals surface area contributed by atoms with Gasteiger partial charge in [0.05, 0.1) is 10.9 Å². The van der Waals surface area contributed by atoms with Gasteiger partial charge < -0.3 is 15.0 Å². The molecule has 0 aliphatic heterocycles. The van der Waals surface area contributed by atoms with Gasteiger partial charge in [-0.25, -0.2) is 9.97 Å². The van der Waals surface area contributed by atoms with Gasteiger partial charge in [-0.1, -0.05) is 31.4 Å². The van der Waals surface area contributed by atoms with E-state index in [9.17, 15) is 4.79 Å². The van der Waals surface area contributed by atoms with Crippen molar-refractivity contribution in [2.75, 3.05) is 12.9 Å². The molecule has 0 bridgehead atoms. The zero-order chi connectivity index (χ0) is 16.3. The number of nitrogens with zero attached hydrogens (tertiary/aromatic N) is 3. The number of rotatable bonds is 7. The highest BCUT2D eigenvalue weighted by molar-refractivity contribution is 7.98. The number of thioether (sulfide) groups is 1. The minimum atomic E-state index is -1.11. The Labute approximate surface area is 135 Å². The molecule has 6 nitrogen and oxygen atoms in total. The van der Waals surface area contributed by atoms with Crippen molar-refractivity contribution in [1.29, 1.82) is 0 Å². The van der Waals surface area contributed by atoms with Gasteiger partial charge in [-0.2, -0.15) is 0 Å².